The number of hydrogen-bond acceptors (Lipinski definition) is 3. The van der Waals surface area contributed by atoms with Crippen molar-refractivity contribution in [3.05, 3.63) is 19.9 Å². The highest BCUT2D eigenvalue weighted by molar-refractivity contribution is 14.1. The first-order valence-electron chi connectivity index (χ1n) is 6.42. The third-order valence-electron chi connectivity index (χ3n) is 3.81. The van der Waals surface area contributed by atoms with Crippen LogP contribution in [0.2, 0.25) is 0 Å². The first-order chi connectivity index (χ1) is 8.75. The van der Waals surface area contributed by atoms with Crippen LogP contribution in [0.4, 0.5) is 0 Å². The smallest absolute Gasteiger partial charge is 0.255 e. The zero-order valence-corrected chi connectivity index (χ0v) is 13.1. The molecule has 1 aliphatic heterocycles. The van der Waals surface area contributed by atoms with Gasteiger partial charge in [-0.3, -0.25) is 4.79 Å². The van der Waals surface area contributed by atoms with Gasteiger partial charge in [0, 0.05) is 11.9 Å². The summed E-state index contributed by atoms with van der Waals surface area (Å²) in [6.45, 7) is 1.43. The fourth-order valence-corrected chi connectivity index (χ4v) is 4.26. The Labute approximate surface area is 125 Å². The van der Waals surface area contributed by atoms with Gasteiger partial charge < -0.3 is 9.64 Å². The molecule has 1 saturated heterocycles. The lowest BCUT2D eigenvalue weighted by atomic mass is 9.90. The molecule has 2 fully saturated rings. The molecule has 0 aromatic carbocycles. The van der Waals surface area contributed by atoms with E-state index in [1.54, 1.807) is 11.3 Å². The number of fused-ring (bicyclic) bond motifs is 1. The molecule has 1 aromatic rings. The van der Waals surface area contributed by atoms with Crippen molar-refractivity contribution in [3.8, 4) is 0 Å². The number of hydrogen-bond donors (Lipinski definition) is 0. The lowest BCUT2D eigenvalue weighted by Gasteiger charge is -2.43. The molecule has 0 radical (unpaired) electrons. The Morgan fingerprint density at radius 2 is 2.28 bits per heavy atom. The summed E-state index contributed by atoms with van der Waals surface area (Å²) < 4.78 is 6.98. The van der Waals surface area contributed by atoms with Crippen LogP contribution in [0.25, 0.3) is 0 Å². The van der Waals surface area contributed by atoms with Gasteiger partial charge in [-0.2, -0.15) is 0 Å². The maximum Gasteiger partial charge on any atom is 0.255 e. The second-order valence-electron chi connectivity index (χ2n) is 4.90. The van der Waals surface area contributed by atoms with Gasteiger partial charge in [0.25, 0.3) is 5.91 Å². The number of amides is 1. The maximum absolute atomic E-state index is 12.5. The van der Waals surface area contributed by atoms with Gasteiger partial charge in [-0.25, -0.2) is 0 Å². The molecule has 0 bridgehead atoms. The highest BCUT2D eigenvalue weighted by atomic mass is 127. The van der Waals surface area contributed by atoms with E-state index in [9.17, 15) is 4.79 Å². The van der Waals surface area contributed by atoms with Crippen LogP contribution in [-0.2, 0) is 4.74 Å². The largest absolute Gasteiger partial charge is 0.374 e. The third kappa shape index (κ3) is 2.44. The van der Waals surface area contributed by atoms with E-state index in [0.717, 1.165) is 24.9 Å². The Morgan fingerprint density at radius 1 is 1.44 bits per heavy atom. The Morgan fingerprint density at radius 3 is 3.06 bits per heavy atom. The van der Waals surface area contributed by atoms with Crippen LogP contribution in [0.5, 0.6) is 0 Å². The summed E-state index contributed by atoms with van der Waals surface area (Å²) in [5, 5.41) is 1.97. The summed E-state index contributed by atoms with van der Waals surface area (Å²) in [4.78, 5) is 14.6. The summed E-state index contributed by atoms with van der Waals surface area (Å²) in [6.07, 6.45) is 4.93. The molecular formula is C13H16INO2S. The summed E-state index contributed by atoms with van der Waals surface area (Å²) in [6, 6.07) is 2.29. The van der Waals surface area contributed by atoms with Crippen molar-refractivity contribution in [1.29, 1.82) is 0 Å². The van der Waals surface area contributed by atoms with Crippen LogP contribution < -0.4 is 0 Å². The molecule has 1 amide bonds. The van der Waals surface area contributed by atoms with E-state index in [0.29, 0.717) is 12.6 Å². The molecule has 18 heavy (non-hydrogen) atoms. The Hall–Kier alpha value is -0.140. The summed E-state index contributed by atoms with van der Waals surface area (Å²) >= 11 is 3.90. The number of rotatable bonds is 1. The average Bonchev–Trinajstić information content (AvgIpc) is 2.84. The molecule has 0 N–H and O–H groups in total. The van der Waals surface area contributed by atoms with Gasteiger partial charge in [0.2, 0.25) is 0 Å². The molecule has 2 heterocycles. The zero-order chi connectivity index (χ0) is 12.5. The molecule has 1 saturated carbocycles. The summed E-state index contributed by atoms with van der Waals surface area (Å²) in [7, 11) is 0. The van der Waals surface area contributed by atoms with E-state index >= 15 is 0 Å². The van der Waals surface area contributed by atoms with Crippen LogP contribution >= 0.6 is 33.9 Å². The Bertz CT molecular complexity index is 446. The molecule has 2 aliphatic rings. The minimum atomic E-state index is 0.189. The number of nitrogens with zero attached hydrogens (tertiary/aromatic N) is 1. The number of carbonyl (C=O) groups excluding carboxylic acids is 1. The van der Waals surface area contributed by atoms with Crippen molar-refractivity contribution in [2.45, 2.75) is 37.8 Å². The van der Waals surface area contributed by atoms with Gasteiger partial charge in [0.1, 0.15) is 0 Å². The SMILES string of the molecule is O=C(c1csc(I)c1)N1CCOC2CCCCC21. The molecule has 1 aromatic heterocycles. The number of halogens is 1. The molecule has 98 valence electrons. The van der Waals surface area contributed by atoms with Crippen molar-refractivity contribution in [2.75, 3.05) is 13.2 Å². The third-order valence-corrected chi connectivity index (χ3v) is 5.60. The fraction of sp³-hybridized carbons (Fsp3) is 0.615. The molecule has 3 nitrogen and oxygen atoms in total. The van der Waals surface area contributed by atoms with Crippen molar-refractivity contribution in [2.24, 2.45) is 0 Å². The van der Waals surface area contributed by atoms with Crippen molar-refractivity contribution < 1.29 is 9.53 Å². The number of thiophene rings is 1. The second kappa shape index (κ2) is 5.46. The predicted octanol–water partition coefficient (Wildman–Crippen LogP) is 3.14. The average molecular weight is 377 g/mol. The number of carbonyl (C=O) groups is 1. The predicted molar refractivity (Wildman–Crippen MR) is 80.1 cm³/mol. The maximum atomic E-state index is 12.5. The Balaban J connectivity index is 1.79. The molecule has 5 heteroatoms. The standard InChI is InChI=1S/C13H16INO2S/c14-12-7-9(8-18-12)13(16)15-5-6-17-11-4-2-1-3-10(11)15/h7-8,10-11H,1-6H2. The summed E-state index contributed by atoms with van der Waals surface area (Å²) in [5.41, 5.74) is 0.843. The van der Waals surface area contributed by atoms with E-state index in [1.165, 1.54) is 15.7 Å². The van der Waals surface area contributed by atoms with Gasteiger partial charge in [0.05, 0.1) is 27.2 Å². The second-order valence-corrected chi connectivity index (χ2v) is 7.70. The lowest BCUT2D eigenvalue weighted by molar-refractivity contribution is -0.0752. The summed E-state index contributed by atoms with van der Waals surface area (Å²) in [5.74, 6) is 0.189. The van der Waals surface area contributed by atoms with Gasteiger partial charge in [-0.05, 0) is 41.5 Å². The van der Waals surface area contributed by atoms with Crippen molar-refractivity contribution in [3.63, 3.8) is 0 Å². The van der Waals surface area contributed by atoms with Gasteiger partial charge in [0.15, 0.2) is 0 Å². The van der Waals surface area contributed by atoms with Crippen LogP contribution in [0.15, 0.2) is 11.4 Å². The van der Waals surface area contributed by atoms with Crippen LogP contribution in [0.3, 0.4) is 0 Å². The van der Waals surface area contributed by atoms with E-state index in [-0.39, 0.29) is 12.0 Å². The monoisotopic (exact) mass is 377 g/mol. The first-order valence-corrected chi connectivity index (χ1v) is 8.38. The van der Waals surface area contributed by atoms with Crippen LogP contribution in [-0.4, -0.2) is 36.1 Å². The van der Waals surface area contributed by atoms with Gasteiger partial charge >= 0.3 is 0 Å². The van der Waals surface area contributed by atoms with E-state index in [1.807, 2.05) is 16.3 Å². The van der Waals surface area contributed by atoms with Gasteiger partial charge in [-0.1, -0.05) is 12.8 Å². The minimum absolute atomic E-state index is 0.189. The molecule has 2 atom stereocenters. The molecule has 2 unspecified atom stereocenters. The topological polar surface area (TPSA) is 29.5 Å². The highest BCUT2D eigenvalue weighted by Crippen LogP contribution is 2.30. The lowest BCUT2D eigenvalue weighted by Crippen LogP contribution is -2.54. The zero-order valence-electron chi connectivity index (χ0n) is 10.1. The normalized spacial score (nSPS) is 27.9. The Kier molecular flexibility index (Phi) is 3.91. The van der Waals surface area contributed by atoms with Crippen LogP contribution in [0, 0.1) is 2.88 Å². The van der Waals surface area contributed by atoms with E-state index in [4.69, 9.17) is 4.74 Å². The minimum Gasteiger partial charge on any atom is -0.374 e. The first kappa shape index (κ1) is 12.9. The quantitative estimate of drug-likeness (QED) is 0.704. The van der Waals surface area contributed by atoms with Crippen LogP contribution in [0.1, 0.15) is 36.0 Å². The van der Waals surface area contributed by atoms with E-state index < -0.39 is 0 Å². The molecular weight excluding hydrogens is 361 g/mol. The molecule has 3 rings (SSSR count). The van der Waals surface area contributed by atoms with Crippen molar-refractivity contribution >= 4 is 39.8 Å². The fourth-order valence-electron chi connectivity index (χ4n) is 2.94. The highest BCUT2D eigenvalue weighted by Gasteiger charge is 2.37. The van der Waals surface area contributed by atoms with Crippen molar-refractivity contribution in [1.82, 2.24) is 4.90 Å². The molecule has 1 aliphatic carbocycles. The molecule has 0 spiro atoms. The van der Waals surface area contributed by atoms with E-state index in [2.05, 4.69) is 22.6 Å². The van der Waals surface area contributed by atoms with Gasteiger partial charge in [-0.15, -0.1) is 11.3 Å². The number of morpholine rings is 1. The number of ether oxygens (including phenoxy) is 1.